The van der Waals surface area contributed by atoms with Gasteiger partial charge in [0.25, 0.3) is 9.05 Å². The van der Waals surface area contributed by atoms with Crippen molar-refractivity contribution >= 4 is 19.7 Å². The van der Waals surface area contributed by atoms with E-state index < -0.39 is 9.05 Å². The summed E-state index contributed by atoms with van der Waals surface area (Å²) >= 11 is 0. The number of rotatable bonds is 4. The van der Waals surface area contributed by atoms with Gasteiger partial charge in [-0.2, -0.15) is 10.1 Å². The first-order valence-electron chi connectivity index (χ1n) is 6.17. The molecule has 0 aromatic carbocycles. The van der Waals surface area contributed by atoms with Gasteiger partial charge in [0.2, 0.25) is 5.89 Å². The standard InChI is InChI=1S/C11H13ClN4O3S/c1-6-10(20(12,17)18)7(2)16(14-6)5-9-13-11(15-19-9)8-3-4-8/h8H,3-5H2,1-2H3. The first-order chi connectivity index (χ1) is 9.36. The van der Waals surface area contributed by atoms with Crippen LogP contribution in [0.25, 0.3) is 0 Å². The normalized spacial score (nSPS) is 15.8. The second kappa shape index (κ2) is 4.56. The lowest BCUT2D eigenvalue weighted by atomic mass is 10.4. The monoisotopic (exact) mass is 316 g/mol. The Labute approximate surface area is 120 Å². The van der Waals surface area contributed by atoms with E-state index in [0.717, 1.165) is 12.8 Å². The molecule has 9 heteroatoms. The lowest BCUT2D eigenvalue weighted by molar-refractivity contribution is 0.360. The van der Waals surface area contributed by atoms with E-state index in [1.807, 2.05) is 0 Å². The van der Waals surface area contributed by atoms with E-state index in [4.69, 9.17) is 15.2 Å². The zero-order valence-electron chi connectivity index (χ0n) is 11.0. The van der Waals surface area contributed by atoms with E-state index >= 15 is 0 Å². The van der Waals surface area contributed by atoms with Crippen LogP contribution in [0.1, 0.15) is 41.9 Å². The predicted octanol–water partition coefficient (Wildman–Crippen LogP) is 1.74. The molecular weight excluding hydrogens is 304 g/mol. The Morgan fingerprint density at radius 3 is 2.65 bits per heavy atom. The summed E-state index contributed by atoms with van der Waals surface area (Å²) in [6.45, 7) is 3.48. The van der Waals surface area contributed by atoms with Gasteiger partial charge in [0, 0.05) is 16.6 Å². The molecule has 2 aromatic heterocycles. The fourth-order valence-electron chi connectivity index (χ4n) is 2.16. The van der Waals surface area contributed by atoms with Crippen LogP contribution in [-0.4, -0.2) is 28.3 Å². The second-order valence-electron chi connectivity index (χ2n) is 4.92. The van der Waals surface area contributed by atoms with Crippen molar-refractivity contribution in [2.45, 2.75) is 44.0 Å². The number of nitrogens with zero attached hydrogens (tertiary/aromatic N) is 4. The smallest absolute Gasteiger partial charge is 0.264 e. The van der Waals surface area contributed by atoms with Crippen LogP contribution in [0.15, 0.2) is 9.42 Å². The largest absolute Gasteiger partial charge is 0.337 e. The third-order valence-electron chi connectivity index (χ3n) is 3.27. The van der Waals surface area contributed by atoms with E-state index in [-0.39, 0.29) is 11.4 Å². The Morgan fingerprint density at radius 2 is 2.10 bits per heavy atom. The van der Waals surface area contributed by atoms with E-state index in [1.54, 1.807) is 13.8 Å². The van der Waals surface area contributed by atoms with Crippen molar-refractivity contribution in [3.8, 4) is 0 Å². The highest BCUT2D eigenvalue weighted by atomic mass is 35.7. The summed E-state index contributed by atoms with van der Waals surface area (Å²) in [4.78, 5) is 4.33. The first-order valence-corrected chi connectivity index (χ1v) is 8.48. The van der Waals surface area contributed by atoms with Crippen LogP contribution < -0.4 is 0 Å². The molecule has 2 aromatic rings. The molecule has 1 aliphatic carbocycles. The lowest BCUT2D eigenvalue weighted by Crippen LogP contribution is -2.05. The number of hydrogen-bond acceptors (Lipinski definition) is 6. The van der Waals surface area contributed by atoms with Gasteiger partial charge < -0.3 is 4.52 Å². The summed E-state index contributed by atoms with van der Waals surface area (Å²) in [5, 5.41) is 8.08. The molecule has 1 aliphatic rings. The summed E-state index contributed by atoms with van der Waals surface area (Å²) in [5.74, 6) is 1.54. The fourth-order valence-corrected chi connectivity index (χ4v) is 3.68. The number of halogens is 1. The molecule has 20 heavy (non-hydrogen) atoms. The molecule has 7 nitrogen and oxygen atoms in total. The molecule has 0 spiro atoms. The molecular formula is C11H13ClN4O3S. The SMILES string of the molecule is Cc1nn(Cc2nc(C3CC3)no2)c(C)c1S(=O)(=O)Cl. The molecule has 0 N–H and O–H groups in total. The van der Waals surface area contributed by atoms with Gasteiger partial charge in [-0.3, -0.25) is 4.68 Å². The number of aromatic nitrogens is 4. The van der Waals surface area contributed by atoms with Gasteiger partial charge in [0.15, 0.2) is 5.82 Å². The topological polar surface area (TPSA) is 90.9 Å². The molecule has 0 bridgehead atoms. The molecule has 0 saturated heterocycles. The highest BCUT2D eigenvalue weighted by molar-refractivity contribution is 8.13. The van der Waals surface area contributed by atoms with Gasteiger partial charge in [0.1, 0.15) is 11.4 Å². The van der Waals surface area contributed by atoms with E-state index in [0.29, 0.717) is 29.0 Å². The fraction of sp³-hybridized carbons (Fsp3) is 0.545. The summed E-state index contributed by atoms with van der Waals surface area (Å²) in [6.07, 6.45) is 2.18. The van der Waals surface area contributed by atoms with Gasteiger partial charge in [0.05, 0.1) is 11.4 Å². The molecule has 1 saturated carbocycles. The predicted molar refractivity (Wildman–Crippen MR) is 70.1 cm³/mol. The highest BCUT2D eigenvalue weighted by Gasteiger charge is 2.29. The number of aryl methyl sites for hydroxylation is 1. The zero-order chi connectivity index (χ0) is 14.5. The van der Waals surface area contributed by atoms with E-state index in [1.165, 1.54) is 4.68 Å². The van der Waals surface area contributed by atoms with Gasteiger partial charge in [-0.05, 0) is 26.7 Å². The Kier molecular flexibility index (Phi) is 3.09. The molecule has 0 amide bonds. The van der Waals surface area contributed by atoms with Crippen LogP contribution in [0.5, 0.6) is 0 Å². The first kappa shape index (κ1) is 13.6. The van der Waals surface area contributed by atoms with E-state index in [9.17, 15) is 8.42 Å². The third-order valence-corrected chi connectivity index (χ3v) is 4.81. The minimum absolute atomic E-state index is 0.0427. The Morgan fingerprint density at radius 1 is 1.40 bits per heavy atom. The van der Waals surface area contributed by atoms with Gasteiger partial charge in [-0.15, -0.1) is 0 Å². The number of hydrogen-bond donors (Lipinski definition) is 0. The van der Waals surface area contributed by atoms with Gasteiger partial charge in [-0.25, -0.2) is 8.42 Å². The summed E-state index contributed by atoms with van der Waals surface area (Å²) in [5.41, 5.74) is 0.822. The molecule has 2 heterocycles. The van der Waals surface area contributed by atoms with Crippen LogP contribution in [0.2, 0.25) is 0 Å². The zero-order valence-corrected chi connectivity index (χ0v) is 12.6. The van der Waals surface area contributed by atoms with Crippen molar-refractivity contribution in [3.63, 3.8) is 0 Å². The average molecular weight is 317 g/mol. The van der Waals surface area contributed by atoms with Crippen molar-refractivity contribution in [2.75, 3.05) is 0 Å². The van der Waals surface area contributed by atoms with E-state index in [2.05, 4.69) is 15.2 Å². The highest BCUT2D eigenvalue weighted by Crippen LogP contribution is 2.38. The van der Waals surface area contributed by atoms with Crippen LogP contribution in [-0.2, 0) is 15.6 Å². The minimum atomic E-state index is -3.81. The maximum Gasteiger partial charge on any atom is 0.264 e. The molecule has 108 valence electrons. The van der Waals surface area contributed by atoms with Crippen LogP contribution in [0.4, 0.5) is 0 Å². The maximum absolute atomic E-state index is 11.5. The summed E-state index contributed by atoms with van der Waals surface area (Å²) < 4.78 is 29.7. The molecule has 3 rings (SSSR count). The van der Waals surface area contributed by atoms with Crippen molar-refractivity contribution in [1.82, 2.24) is 19.9 Å². The maximum atomic E-state index is 11.5. The van der Waals surface area contributed by atoms with Crippen molar-refractivity contribution in [2.24, 2.45) is 0 Å². The Balaban J connectivity index is 1.90. The van der Waals surface area contributed by atoms with Gasteiger partial charge >= 0.3 is 0 Å². The summed E-state index contributed by atoms with van der Waals surface area (Å²) in [6, 6.07) is 0. The molecule has 1 fully saturated rings. The Hall–Kier alpha value is -1.41. The molecule has 0 unspecified atom stereocenters. The summed E-state index contributed by atoms with van der Waals surface area (Å²) in [7, 11) is 1.60. The van der Waals surface area contributed by atoms with Crippen molar-refractivity contribution < 1.29 is 12.9 Å². The van der Waals surface area contributed by atoms with Crippen molar-refractivity contribution in [1.29, 1.82) is 0 Å². The Bertz CT molecular complexity index is 761. The van der Waals surface area contributed by atoms with Crippen LogP contribution >= 0.6 is 10.7 Å². The quantitative estimate of drug-likeness (QED) is 0.798. The third kappa shape index (κ3) is 2.45. The molecule has 0 radical (unpaired) electrons. The minimum Gasteiger partial charge on any atom is -0.337 e. The molecule has 0 atom stereocenters. The van der Waals surface area contributed by atoms with Crippen molar-refractivity contribution in [3.05, 3.63) is 23.1 Å². The lowest BCUT2D eigenvalue weighted by Gasteiger charge is -2.00. The van der Waals surface area contributed by atoms with Crippen LogP contribution in [0, 0.1) is 13.8 Å². The van der Waals surface area contributed by atoms with Crippen LogP contribution in [0.3, 0.4) is 0 Å². The molecule has 0 aliphatic heterocycles. The second-order valence-corrected chi connectivity index (χ2v) is 7.42. The van der Waals surface area contributed by atoms with Gasteiger partial charge in [-0.1, -0.05) is 5.16 Å². The average Bonchev–Trinajstić information content (AvgIpc) is 3.00.